The van der Waals surface area contributed by atoms with Crippen molar-refractivity contribution < 1.29 is 5.11 Å². The van der Waals surface area contributed by atoms with Gasteiger partial charge in [0.15, 0.2) is 0 Å². The molecule has 0 amide bonds. The van der Waals surface area contributed by atoms with Gasteiger partial charge in [-0.25, -0.2) is 0 Å². The summed E-state index contributed by atoms with van der Waals surface area (Å²) < 4.78 is 1.80. The predicted molar refractivity (Wildman–Crippen MR) is 56.9 cm³/mol. The van der Waals surface area contributed by atoms with Crippen LogP contribution in [0.1, 0.15) is 26.5 Å². The van der Waals surface area contributed by atoms with Crippen molar-refractivity contribution in [2.75, 3.05) is 6.61 Å². The average molecular weight is 196 g/mol. The van der Waals surface area contributed by atoms with E-state index in [1.165, 1.54) is 0 Å². The van der Waals surface area contributed by atoms with E-state index in [0.29, 0.717) is 0 Å². The zero-order valence-electron chi connectivity index (χ0n) is 9.49. The third-order valence-electron chi connectivity index (χ3n) is 2.67. The van der Waals surface area contributed by atoms with Crippen molar-refractivity contribution in [3.05, 3.63) is 18.0 Å². The summed E-state index contributed by atoms with van der Waals surface area (Å²) in [6.07, 6.45) is 2.78. The molecule has 1 rings (SSSR count). The van der Waals surface area contributed by atoms with Crippen LogP contribution in [-0.4, -0.2) is 21.5 Å². The fourth-order valence-electron chi connectivity index (χ4n) is 1.47. The summed E-state index contributed by atoms with van der Waals surface area (Å²) in [5, 5.41) is 13.6. The van der Waals surface area contributed by atoms with E-state index in [1.54, 1.807) is 4.68 Å². The molecule has 0 fully saturated rings. The molecule has 1 aromatic rings. The lowest BCUT2D eigenvalue weighted by atomic mass is 9.79. The van der Waals surface area contributed by atoms with E-state index in [1.807, 2.05) is 19.3 Å². The summed E-state index contributed by atoms with van der Waals surface area (Å²) >= 11 is 0. The average Bonchev–Trinajstić information content (AvgIpc) is 2.45. The smallest absolute Gasteiger partial charge is 0.0628 e. The molecule has 3 heteroatoms. The van der Waals surface area contributed by atoms with Gasteiger partial charge < -0.3 is 5.11 Å². The van der Waals surface area contributed by atoms with Crippen LogP contribution in [-0.2, 0) is 13.5 Å². The third-order valence-corrected chi connectivity index (χ3v) is 2.67. The Morgan fingerprint density at radius 3 is 2.50 bits per heavy atom. The lowest BCUT2D eigenvalue weighted by Crippen LogP contribution is -2.26. The standard InChI is InChI=1S/C11H20N2O/c1-11(2,3)9(8-14)7-10-5-6-13(4)12-10/h5-6,9,14H,7-8H2,1-4H3. The maximum Gasteiger partial charge on any atom is 0.0628 e. The van der Waals surface area contributed by atoms with Gasteiger partial charge in [-0.1, -0.05) is 20.8 Å². The van der Waals surface area contributed by atoms with Gasteiger partial charge in [-0.3, -0.25) is 4.68 Å². The van der Waals surface area contributed by atoms with Gasteiger partial charge >= 0.3 is 0 Å². The van der Waals surface area contributed by atoms with E-state index < -0.39 is 0 Å². The maximum atomic E-state index is 9.30. The first-order chi connectivity index (χ1) is 6.43. The van der Waals surface area contributed by atoms with Gasteiger partial charge in [0.05, 0.1) is 5.69 Å². The second-order valence-electron chi connectivity index (χ2n) is 4.93. The molecule has 0 radical (unpaired) electrons. The fourth-order valence-corrected chi connectivity index (χ4v) is 1.47. The molecule has 80 valence electrons. The Morgan fingerprint density at radius 1 is 1.50 bits per heavy atom. The summed E-state index contributed by atoms with van der Waals surface area (Å²) in [4.78, 5) is 0. The van der Waals surface area contributed by atoms with Crippen LogP contribution in [0.15, 0.2) is 12.3 Å². The van der Waals surface area contributed by atoms with Crippen LogP contribution in [0.2, 0.25) is 0 Å². The van der Waals surface area contributed by atoms with Crippen LogP contribution in [0.25, 0.3) is 0 Å². The van der Waals surface area contributed by atoms with Gasteiger partial charge in [0.1, 0.15) is 0 Å². The quantitative estimate of drug-likeness (QED) is 0.797. The molecule has 0 aliphatic rings. The predicted octanol–water partition coefficient (Wildman–Crippen LogP) is 1.62. The summed E-state index contributed by atoms with van der Waals surface area (Å²) in [5.41, 5.74) is 1.19. The second-order valence-corrected chi connectivity index (χ2v) is 4.93. The summed E-state index contributed by atoms with van der Waals surface area (Å²) in [5.74, 6) is 0.275. The highest BCUT2D eigenvalue weighted by molar-refractivity contribution is 5.01. The Balaban J connectivity index is 2.66. The Kier molecular flexibility index (Phi) is 3.32. The van der Waals surface area contributed by atoms with Crippen molar-refractivity contribution in [2.24, 2.45) is 18.4 Å². The minimum atomic E-state index is 0.131. The van der Waals surface area contributed by atoms with Crippen LogP contribution in [0.4, 0.5) is 0 Å². The van der Waals surface area contributed by atoms with Crippen molar-refractivity contribution in [3.63, 3.8) is 0 Å². The molecule has 1 heterocycles. The molecular formula is C11H20N2O. The molecule has 3 nitrogen and oxygen atoms in total. The van der Waals surface area contributed by atoms with Crippen molar-refractivity contribution in [3.8, 4) is 0 Å². The molecular weight excluding hydrogens is 176 g/mol. The maximum absolute atomic E-state index is 9.30. The van der Waals surface area contributed by atoms with E-state index in [9.17, 15) is 5.11 Å². The lowest BCUT2D eigenvalue weighted by molar-refractivity contribution is 0.130. The summed E-state index contributed by atoms with van der Waals surface area (Å²) in [6, 6.07) is 2.01. The molecule has 1 atom stereocenters. The minimum absolute atomic E-state index is 0.131. The van der Waals surface area contributed by atoms with Crippen molar-refractivity contribution in [2.45, 2.75) is 27.2 Å². The highest BCUT2D eigenvalue weighted by Crippen LogP contribution is 2.28. The molecule has 0 saturated heterocycles. The Hall–Kier alpha value is -0.830. The van der Waals surface area contributed by atoms with E-state index in [-0.39, 0.29) is 17.9 Å². The number of aryl methyl sites for hydroxylation is 1. The first-order valence-corrected chi connectivity index (χ1v) is 5.03. The SMILES string of the molecule is Cn1ccc(CC(CO)C(C)(C)C)n1. The Labute approximate surface area is 85.8 Å². The molecule has 1 aromatic heterocycles. The molecule has 0 aliphatic carbocycles. The molecule has 14 heavy (non-hydrogen) atoms. The number of hydrogen-bond acceptors (Lipinski definition) is 2. The number of aliphatic hydroxyl groups excluding tert-OH is 1. The monoisotopic (exact) mass is 196 g/mol. The Bertz CT molecular complexity index is 286. The number of aromatic nitrogens is 2. The normalized spacial score (nSPS) is 14.4. The number of rotatable bonds is 3. The zero-order valence-corrected chi connectivity index (χ0v) is 9.49. The zero-order chi connectivity index (χ0) is 10.8. The molecule has 0 saturated carbocycles. The van der Waals surface area contributed by atoms with Gasteiger partial charge in [0, 0.05) is 19.9 Å². The van der Waals surface area contributed by atoms with Crippen molar-refractivity contribution in [1.29, 1.82) is 0 Å². The third kappa shape index (κ3) is 2.84. The minimum Gasteiger partial charge on any atom is -0.396 e. The molecule has 0 aromatic carbocycles. The van der Waals surface area contributed by atoms with Gasteiger partial charge in [-0.05, 0) is 23.8 Å². The summed E-state index contributed by atoms with van der Waals surface area (Å²) in [7, 11) is 1.91. The van der Waals surface area contributed by atoms with Crippen molar-refractivity contribution in [1.82, 2.24) is 9.78 Å². The van der Waals surface area contributed by atoms with Crippen LogP contribution < -0.4 is 0 Å². The van der Waals surface area contributed by atoms with Gasteiger partial charge in [0.25, 0.3) is 0 Å². The fraction of sp³-hybridized carbons (Fsp3) is 0.727. The lowest BCUT2D eigenvalue weighted by Gasteiger charge is -2.28. The Morgan fingerprint density at radius 2 is 2.14 bits per heavy atom. The number of nitrogens with zero attached hydrogens (tertiary/aromatic N) is 2. The van der Waals surface area contributed by atoms with Gasteiger partial charge in [-0.15, -0.1) is 0 Å². The van der Waals surface area contributed by atoms with Crippen LogP contribution >= 0.6 is 0 Å². The molecule has 0 aliphatic heterocycles. The first-order valence-electron chi connectivity index (χ1n) is 5.03. The van der Waals surface area contributed by atoms with Crippen molar-refractivity contribution >= 4 is 0 Å². The van der Waals surface area contributed by atoms with E-state index >= 15 is 0 Å². The number of hydrogen-bond donors (Lipinski definition) is 1. The second kappa shape index (κ2) is 4.13. The first kappa shape index (κ1) is 11.2. The van der Waals surface area contributed by atoms with Gasteiger partial charge in [0.2, 0.25) is 0 Å². The van der Waals surface area contributed by atoms with E-state index in [0.717, 1.165) is 12.1 Å². The van der Waals surface area contributed by atoms with Crippen LogP contribution in [0, 0.1) is 11.3 Å². The molecule has 0 spiro atoms. The van der Waals surface area contributed by atoms with Crippen LogP contribution in [0.3, 0.4) is 0 Å². The number of aliphatic hydroxyl groups is 1. The molecule has 1 unspecified atom stereocenters. The molecule has 0 bridgehead atoms. The highest BCUT2D eigenvalue weighted by atomic mass is 16.3. The highest BCUT2D eigenvalue weighted by Gasteiger charge is 2.24. The topological polar surface area (TPSA) is 38.0 Å². The molecule has 1 N–H and O–H groups in total. The summed E-state index contributed by atoms with van der Waals surface area (Å²) in [6.45, 7) is 6.67. The van der Waals surface area contributed by atoms with Crippen LogP contribution in [0.5, 0.6) is 0 Å². The van der Waals surface area contributed by atoms with E-state index in [2.05, 4.69) is 25.9 Å². The van der Waals surface area contributed by atoms with E-state index in [4.69, 9.17) is 0 Å². The largest absolute Gasteiger partial charge is 0.396 e. The van der Waals surface area contributed by atoms with Gasteiger partial charge in [-0.2, -0.15) is 5.10 Å².